The van der Waals surface area contributed by atoms with Gasteiger partial charge in [-0.1, -0.05) is 12.8 Å². The SMILES string of the molecule is CSC1(CNCc2sccc2Br)CCCC1. The van der Waals surface area contributed by atoms with Crippen molar-refractivity contribution in [3.05, 3.63) is 20.8 Å². The minimum atomic E-state index is 0.518. The van der Waals surface area contributed by atoms with Crippen LogP contribution in [0.25, 0.3) is 0 Å². The molecule has 0 aliphatic heterocycles. The highest BCUT2D eigenvalue weighted by molar-refractivity contribution is 9.10. The van der Waals surface area contributed by atoms with E-state index < -0.39 is 0 Å². The van der Waals surface area contributed by atoms with Gasteiger partial charge in [0.2, 0.25) is 0 Å². The molecule has 1 nitrogen and oxygen atoms in total. The van der Waals surface area contributed by atoms with Crippen LogP contribution >= 0.6 is 39.0 Å². The Balaban J connectivity index is 1.81. The molecule has 0 amide bonds. The average Bonchev–Trinajstić information content (AvgIpc) is 2.90. The van der Waals surface area contributed by atoms with Gasteiger partial charge in [0, 0.05) is 27.2 Å². The molecule has 1 fully saturated rings. The molecule has 1 aromatic rings. The molecule has 16 heavy (non-hydrogen) atoms. The Kier molecular flexibility index (Phi) is 4.76. The predicted molar refractivity (Wildman–Crippen MR) is 78.4 cm³/mol. The van der Waals surface area contributed by atoms with Crippen LogP contribution in [0.2, 0.25) is 0 Å². The van der Waals surface area contributed by atoms with Crippen LogP contribution in [0, 0.1) is 0 Å². The molecule has 0 radical (unpaired) electrons. The van der Waals surface area contributed by atoms with Crippen LogP contribution in [0.4, 0.5) is 0 Å². The Morgan fingerprint density at radius 1 is 1.50 bits per heavy atom. The van der Waals surface area contributed by atoms with Crippen molar-refractivity contribution >= 4 is 39.0 Å². The minimum absolute atomic E-state index is 0.518. The van der Waals surface area contributed by atoms with Gasteiger partial charge in [0.25, 0.3) is 0 Å². The highest BCUT2D eigenvalue weighted by atomic mass is 79.9. The van der Waals surface area contributed by atoms with E-state index in [0.717, 1.165) is 13.1 Å². The molecule has 0 unspecified atom stereocenters. The Hall–Kier alpha value is 0.490. The number of halogens is 1. The van der Waals surface area contributed by atoms with Crippen LogP contribution in [0.15, 0.2) is 15.9 Å². The molecule has 0 bridgehead atoms. The summed E-state index contributed by atoms with van der Waals surface area (Å²) in [5, 5.41) is 5.76. The van der Waals surface area contributed by atoms with Crippen molar-refractivity contribution in [2.75, 3.05) is 12.8 Å². The van der Waals surface area contributed by atoms with Crippen molar-refractivity contribution in [2.24, 2.45) is 0 Å². The fourth-order valence-electron chi connectivity index (χ4n) is 2.33. The topological polar surface area (TPSA) is 12.0 Å². The summed E-state index contributed by atoms with van der Waals surface area (Å²) >= 11 is 7.45. The molecule has 1 aliphatic rings. The summed E-state index contributed by atoms with van der Waals surface area (Å²) in [6, 6.07) is 2.13. The van der Waals surface area contributed by atoms with Crippen molar-refractivity contribution in [1.82, 2.24) is 5.32 Å². The normalized spacial score (nSPS) is 19.1. The molecule has 1 saturated carbocycles. The number of hydrogen-bond donors (Lipinski definition) is 1. The predicted octanol–water partition coefficient (Wildman–Crippen LogP) is 4.28. The van der Waals surface area contributed by atoms with Crippen LogP contribution in [0.3, 0.4) is 0 Å². The summed E-state index contributed by atoms with van der Waals surface area (Å²) in [6.07, 6.45) is 7.84. The van der Waals surface area contributed by atoms with Gasteiger partial charge in [0.15, 0.2) is 0 Å². The first-order valence-electron chi connectivity index (χ1n) is 5.73. The fourth-order valence-corrected chi connectivity index (χ4v) is 4.73. The van der Waals surface area contributed by atoms with Gasteiger partial charge in [-0.2, -0.15) is 11.8 Å². The molecule has 90 valence electrons. The number of rotatable bonds is 5. The molecule has 1 heterocycles. The van der Waals surface area contributed by atoms with Crippen molar-refractivity contribution in [3.63, 3.8) is 0 Å². The summed E-state index contributed by atoms with van der Waals surface area (Å²) in [5.41, 5.74) is 0. The third-order valence-corrected chi connectivity index (χ3v) is 6.72. The van der Waals surface area contributed by atoms with Crippen molar-refractivity contribution in [1.29, 1.82) is 0 Å². The fraction of sp³-hybridized carbons (Fsp3) is 0.667. The molecule has 1 aliphatic carbocycles. The van der Waals surface area contributed by atoms with Gasteiger partial charge >= 0.3 is 0 Å². The first-order valence-corrected chi connectivity index (χ1v) is 8.63. The Morgan fingerprint density at radius 3 is 2.81 bits per heavy atom. The maximum absolute atomic E-state index is 3.62. The van der Waals surface area contributed by atoms with Gasteiger partial charge in [-0.25, -0.2) is 0 Å². The van der Waals surface area contributed by atoms with E-state index in [9.17, 15) is 0 Å². The molecule has 1 aromatic heterocycles. The molecule has 0 aromatic carbocycles. The first kappa shape index (κ1) is 12.9. The van der Waals surface area contributed by atoms with Crippen molar-refractivity contribution in [2.45, 2.75) is 37.0 Å². The Bertz CT molecular complexity index is 332. The molecule has 2 rings (SSSR count). The summed E-state index contributed by atoms with van der Waals surface area (Å²) in [6.45, 7) is 2.15. The third-order valence-electron chi connectivity index (χ3n) is 3.37. The van der Waals surface area contributed by atoms with E-state index in [1.54, 1.807) is 0 Å². The Labute approximate surface area is 115 Å². The van der Waals surface area contributed by atoms with Gasteiger partial charge in [0.1, 0.15) is 0 Å². The van der Waals surface area contributed by atoms with Crippen LogP contribution in [0.1, 0.15) is 30.6 Å². The average molecular weight is 320 g/mol. The molecule has 4 heteroatoms. The molecule has 1 N–H and O–H groups in total. The second kappa shape index (κ2) is 5.89. The van der Waals surface area contributed by atoms with E-state index in [-0.39, 0.29) is 0 Å². The zero-order valence-corrected chi connectivity index (χ0v) is 12.8. The standard InChI is InChI=1S/C12H18BrNS2/c1-15-12(5-2-3-6-12)9-14-8-11-10(13)4-7-16-11/h4,7,14H,2-3,5-6,8-9H2,1H3. The van der Waals surface area contributed by atoms with Crippen molar-refractivity contribution in [3.8, 4) is 0 Å². The van der Waals surface area contributed by atoms with Crippen LogP contribution in [-0.2, 0) is 6.54 Å². The zero-order chi connectivity index (χ0) is 11.4. The number of hydrogen-bond acceptors (Lipinski definition) is 3. The summed E-state index contributed by atoms with van der Waals surface area (Å²) < 4.78 is 1.76. The van der Waals surface area contributed by atoms with E-state index in [1.807, 2.05) is 11.3 Å². The summed E-state index contributed by atoms with van der Waals surface area (Å²) in [5.74, 6) is 0. The largest absolute Gasteiger partial charge is 0.310 e. The second-order valence-electron chi connectivity index (χ2n) is 4.39. The van der Waals surface area contributed by atoms with E-state index in [0.29, 0.717) is 4.75 Å². The zero-order valence-electron chi connectivity index (χ0n) is 9.59. The Morgan fingerprint density at radius 2 is 2.25 bits per heavy atom. The smallest absolute Gasteiger partial charge is 0.0327 e. The maximum Gasteiger partial charge on any atom is 0.0327 e. The van der Waals surface area contributed by atoms with Crippen LogP contribution < -0.4 is 5.32 Å². The monoisotopic (exact) mass is 319 g/mol. The summed E-state index contributed by atoms with van der Waals surface area (Å²) in [4.78, 5) is 1.41. The molecular weight excluding hydrogens is 302 g/mol. The quantitative estimate of drug-likeness (QED) is 0.869. The highest BCUT2D eigenvalue weighted by Crippen LogP contribution is 2.39. The second-order valence-corrected chi connectivity index (χ2v) is 7.52. The van der Waals surface area contributed by atoms with Crippen LogP contribution in [0.5, 0.6) is 0 Å². The van der Waals surface area contributed by atoms with E-state index in [2.05, 4.69) is 50.7 Å². The summed E-state index contributed by atoms with van der Waals surface area (Å²) in [7, 11) is 0. The molecule has 0 saturated heterocycles. The van der Waals surface area contributed by atoms with Gasteiger partial charge < -0.3 is 5.32 Å². The van der Waals surface area contributed by atoms with E-state index in [1.165, 1.54) is 35.0 Å². The number of thiophene rings is 1. The lowest BCUT2D eigenvalue weighted by Gasteiger charge is -2.27. The molecule has 0 spiro atoms. The maximum atomic E-state index is 3.62. The first-order chi connectivity index (χ1) is 7.76. The lowest BCUT2D eigenvalue weighted by atomic mass is 10.1. The molecular formula is C12H18BrNS2. The van der Waals surface area contributed by atoms with Gasteiger partial charge in [-0.3, -0.25) is 0 Å². The lowest BCUT2D eigenvalue weighted by Crippen LogP contribution is -2.34. The number of thioether (sulfide) groups is 1. The third kappa shape index (κ3) is 3.03. The molecule has 0 atom stereocenters. The number of nitrogens with one attached hydrogen (secondary N) is 1. The van der Waals surface area contributed by atoms with Gasteiger partial charge in [-0.05, 0) is 46.5 Å². The van der Waals surface area contributed by atoms with Gasteiger partial charge in [0.05, 0.1) is 0 Å². The van der Waals surface area contributed by atoms with Crippen LogP contribution in [-0.4, -0.2) is 17.5 Å². The highest BCUT2D eigenvalue weighted by Gasteiger charge is 2.32. The van der Waals surface area contributed by atoms with E-state index >= 15 is 0 Å². The van der Waals surface area contributed by atoms with Gasteiger partial charge in [-0.15, -0.1) is 11.3 Å². The lowest BCUT2D eigenvalue weighted by molar-refractivity contribution is 0.535. The van der Waals surface area contributed by atoms with E-state index in [4.69, 9.17) is 0 Å². The minimum Gasteiger partial charge on any atom is -0.310 e. The van der Waals surface area contributed by atoms with Crippen molar-refractivity contribution < 1.29 is 0 Å².